The Morgan fingerprint density at radius 1 is 1.56 bits per heavy atom. The van der Waals surface area contributed by atoms with Crippen molar-refractivity contribution in [2.24, 2.45) is 5.92 Å². The molecule has 0 spiro atoms. The van der Waals surface area contributed by atoms with Gasteiger partial charge in [-0.2, -0.15) is 0 Å². The van der Waals surface area contributed by atoms with E-state index in [2.05, 4.69) is 9.88 Å². The van der Waals surface area contributed by atoms with Crippen molar-refractivity contribution in [3.8, 4) is 0 Å². The number of halogens is 1. The molecule has 0 N–H and O–H groups in total. The third kappa shape index (κ3) is 2.75. The molecule has 0 bridgehead atoms. The summed E-state index contributed by atoms with van der Waals surface area (Å²) >= 11 is 6.15. The molecule has 0 radical (unpaired) electrons. The van der Waals surface area contributed by atoms with Gasteiger partial charge in [-0.1, -0.05) is 11.6 Å². The van der Waals surface area contributed by atoms with E-state index >= 15 is 0 Å². The summed E-state index contributed by atoms with van der Waals surface area (Å²) in [5.74, 6) is 1.02. The lowest BCUT2D eigenvalue weighted by atomic mass is 9.97. The number of rotatable bonds is 2. The number of piperidine rings is 1. The third-order valence-electron chi connectivity index (χ3n) is 3.25. The summed E-state index contributed by atoms with van der Waals surface area (Å²) in [5, 5.41) is 0.649. The molecule has 0 aliphatic carbocycles. The van der Waals surface area contributed by atoms with Crippen LogP contribution in [0.1, 0.15) is 12.8 Å². The third-order valence-corrected chi connectivity index (χ3v) is 3.55. The van der Waals surface area contributed by atoms with Crippen LogP contribution in [0.25, 0.3) is 0 Å². The highest BCUT2D eigenvalue weighted by Crippen LogP contribution is 2.27. The monoisotopic (exact) mass is 267 g/mol. The zero-order chi connectivity index (χ0) is 13.1. The van der Waals surface area contributed by atoms with Gasteiger partial charge in [-0.15, -0.1) is 0 Å². The first-order chi connectivity index (χ1) is 8.59. The first kappa shape index (κ1) is 13.1. The van der Waals surface area contributed by atoms with E-state index in [4.69, 9.17) is 11.6 Å². The maximum Gasteiger partial charge on any atom is 0.226 e. The molecule has 2 rings (SSSR count). The molecule has 1 atom stereocenters. The van der Waals surface area contributed by atoms with E-state index in [-0.39, 0.29) is 11.8 Å². The number of anilines is 1. The number of hydrogen-bond donors (Lipinski definition) is 0. The number of aromatic nitrogens is 1. The molecule has 1 amide bonds. The number of hydrogen-bond acceptors (Lipinski definition) is 3. The Balaban J connectivity index is 2.12. The Hall–Kier alpha value is -1.29. The topological polar surface area (TPSA) is 36.4 Å². The lowest BCUT2D eigenvalue weighted by molar-refractivity contribution is -0.133. The second-order valence-corrected chi connectivity index (χ2v) is 5.23. The number of pyridine rings is 1. The summed E-state index contributed by atoms with van der Waals surface area (Å²) in [7, 11) is 3.60. The molecule has 2 heterocycles. The molecule has 5 heteroatoms. The minimum atomic E-state index is 0.0480. The van der Waals surface area contributed by atoms with E-state index in [9.17, 15) is 4.79 Å². The molecule has 1 aromatic rings. The molecule has 1 unspecified atom stereocenters. The van der Waals surface area contributed by atoms with Gasteiger partial charge in [0.15, 0.2) is 0 Å². The molecule has 1 fully saturated rings. The summed E-state index contributed by atoms with van der Waals surface area (Å²) in [6, 6.07) is 3.65. The van der Waals surface area contributed by atoms with Crippen LogP contribution in [0.2, 0.25) is 5.02 Å². The Kier molecular flexibility index (Phi) is 4.07. The van der Waals surface area contributed by atoms with E-state index in [1.165, 1.54) is 0 Å². The zero-order valence-corrected chi connectivity index (χ0v) is 11.5. The van der Waals surface area contributed by atoms with Crippen molar-refractivity contribution in [1.29, 1.82) is 0 Å². The normalized spacial score (nSPS) is 19.7. The quantitative estimate of drug-likeness (QED) is 0.823. The standard InChI is InChI=1S/C13H18ClN3O/c1-16(2)13(18)10-5-4-8-17(9-10)12-11(14)6-3-7-15-12/h3,6-7,10H,4-5,8-9H2,1-2H3. The molecular formula is C13H18ClN3O. The van der Waals surface area contributed by atoms with Gasteiger partial charge in [0.25, 0.3) is 0 Å². The van der Waals surface area contributed by atoms with Gasteiger partial charge in [-0.25, -0.2) is 4.98 Å². The van der Waals surface area contributed by atoms with Crippen molar-refractivity contribution in [2.45, 2.75) is 12.8 Å². The van der Waals surface area contributed by atoms with Crippen molar-refractivity contribution in [2.75, 3.05) is 32.1 Å². The molecule has 1 aromatic heterocycles. The van der Waals surface area contributed by atoms with E-state index in [1.807, 2.05) is 12.1 Å². The highest BCUT2D eigenvalue weighted by molar-refractivity contribution is 6.32. The molecule has 0 aromatic carbocycles. The van der Waals surface area contributed by atoms with Crippen LogP contribution < -0.4 is 4.90 Å². The smallest absolute Gasteiger partial charge is 0.226 e. The lowest BCUT2D eigenvalue weighted by Gasteiger charge is -2.34. The molecule has 1 aliphatic rings. The largest absolute Gasteiger partial charge is 0.355 e. The average Bonchev–Trinajstić information content (AvgIpc) is 2.38. The molecule has 4 nitrogen and oxygen atoms in total. The SMILES string of the molecule is CN(C)C(=O)C1CCCN(c2ncccc2Cl)C1. The second-order valence-electron chi connectivity index (χ2n) is 4.83. The lowest BCUT2D eigenvalue weighted by Crippen LogP contribution is -2.43. The van der Waals surface area contributed by atoms with Crippen LogP contribution in [0.5, 0.6) is 0 Å². The van der Waals surface area contributed by atoms with Crippen molar-refractivity contribution in [3.05, 3.63) is 23.4 Å². The van der Waals surface area contributed by atoms with Crippen molar-refractivity contribution in [1.82, 2.24) is 9.88 Å². The number of carbonyl (C=O) groups is 1. The fraction of sp³-hybridized carbons (Fsp3) is 0.538. The van der Waals surface area contributed by atoms with Gasteiger partial charge in [-0.05, 0) is 25.0 Å². The Bertz CT molecular complexity index is 436. The van der Waals surface area contributed by atoms with Crippen LogP contribution in [-0.2, 0) is 4.79 Å². The highest BCUT2D eigenvalue weighted by atomic mass is 35.5. The Labute approximate surface area is 113 Å². The molecule has 1 saturated heterocycles. The van der Waals surface area contributed by atoms with E-state index in [0.717, 1.165) is 25.2 Å². The van der Waals surface area contributed by atoms with Gasteiger partial charge in [0.1, 0.15) is 5.82 Å². The second kappa shape index (κ2) is 5.57. The fourth-order valence-electron chi connectivity index (χ4n) is 2.35. The number of carbonyl (C=O) groups excluding carboxylic acids is 1. The maximum atomic E-state index is 12.0. The molecule has 1 aliphatic heterocycles. The number of amides is 1. The van der Waals surface area contributed by atoms with Crippen molar-refractivity contribution in [3.63, 3.8) is 0 Å². The molecular weight excluding hydrogens is 250 g/mol. The highest BCUT2D eigenvalue weighted by Gasteiger charge is 2.28. The average molecular weight is 268 g/mol. The van der Waals surface area contributed by atoms with Crippen LogP contribution in [0.15, 0.2) is 18.3 Å². The van der Waals surface area contributed by atoms with Crippen LogP contribution in [0.3, 0.4) is 0 Å². The molecule has 18 heavy (non-hydrogen) atoms. The van der Waals surface area contributed by atoms with E-state index in [1.54, 1.807) is 25.2 Å². The first-order valence-corrected chi connectivity index (χ1v) is 6.54. The Morgan fingerprint density at radius 3 is 3.00 bits per heavy atom. The number of nitrogens with zero attached hydrogens (tertiary/aromatic N) is 3. The van der Waals surface area contributed by atoms with Gasteiger partial charge >= 0.3 is 0 Å². The fourth-order valence-corrected chi connectivity index (χ4v) is 2.59. The van der Waals surface area contributed by atoms with Crippen molar-refractivity contribution >= 4 is 23.3 Å². The van der Waals surface area contributed by atoms with Crippen LogP contribution >= 0.6 is 11.6 Å². The Morgan fingerprint density at radius 2 is 2.33 bits per heavy atom. The van der Waals surface area contributed by atoms with Gasteiger partial charge in [0.2, 0.25) is 5.91 Å². The summed E-state index contributed by atoms with van der Waals surface area (Å²) in [4.78, 5) is 20.1. The summed E-state index contributed by atoms with van der Waals surface area (Å²) in [5.41, 5.74) is 0. The zero-order valence-electron chi connectivity index (χ0n) is 10.8. The summed E-state index contributed by atoms with van der Waals surface area (Å²) in [6.07, 6.45) is 3.67. The van der Waals surface area contributed by atoms with Crippen LogP contribution in [0.4, 0.5) is 5.82 Å². The van der Waals surface area contributed by atoms with Gasteiger partial charge in [-0.3, -0.25) is 4.79 Å². The van der Waals surface area contributed by atoms with Gasteiger partial charge in [0.05, 0.1) is 10.9 Å². The summed E-state index contributed by atoms with van der Waals surface area (Å²) < 4.78 is 0. The minimum absolute atomic E-state index is 0.0480. The van der Waals surface area contributed by atoms with Gasteiger partial charge < -0.3 is 9.80 Å². The maximum absolute atomic E-state index is 12.0. The van der Waals surface area contributed by atoms with Crippen LogP contribution in [-0.4, -0.2) is 43.0 Å². The predicted molar refractivity (Wildman–Crippen MR) is 72.9 cm³/mol. The first-order valence-electron chi connectivity index (χ1n) is 6.16. The van der Waals surface area contributed by atoms with E-state index in [0.29, 0.717) is 11.6 Å². The van der Waals surface area contributed by atoms with Crippen LogP contribution in [0, 0.1) is 5.92 Å². The van der Waals surface area contributed by atoms with E-state index < -0.39 is 0 Å². The minimum Gasteiger partial charge on any atom is -0.355 e. The molecule has 98 valence electrons. The predicted octanol–water partition coefficient (Wildman–Crippen LogP) is 2.04. The van der Waals surface area contributed by atoms with Crippen molar-refractivity contribution < 1.29 is 4.79 Å². The molecule has 0 saturated carbocycles. The summed E-state index contributed by atoms with van der Waals surface area (Å²) in [6.45, 7) is 1.61. The van der Waals surface area contributed by atoms with Gasteiger partial charge in [0, 0.05) is 33.4 Å².